The number of rotatable bonds is 5. The van der Waals surface area contributed by atoms with E-state index in [0.29, 0.717) is 6.54 Å². The molecule has 0 bridgehead atoms. The summed E-state index contributed by atoms with van der Waals surface area (Å²) in [4.78, 5) is 2.05. The van der Waals surface area contributed by atoms with Crippen LogP contribution in [0.1, 0.15) is 11.1 Å². The maximum atomic E-state index is 13.4. The van der Waals surface area contributed by atoms with Crippen LogP contribution < -0.4 is 5.46 Å². The van der Waals surface area contributed by atoms with E-state index in [2.05, 4.69) is 11.4 Å². The summed E-state index contributed by atoms with van der Waals surface area (Å²) in [6.45, 7) is 1.32. The molecule has 0 aliphatic heterocycles. The van der Waals surface area contributed by atoms with Crippen molar-refractivity contribution in [2.24, 2.45) is 0 Å². The molecule has 2 N–H and O–H groups in total. The number of halogens is 1. The van der Waals surface area contributed by atoms with Crippen LogP contribution >= 0.6 is 11.3 Å². The molecule has 0 atom stereocenters. The predicted molar refractivity (Wildman–Crippen MR) is 75.7 cm³/mol. The lowest BCUT2D eigenvalue weighted by molar-refractivity contribution is 0.319. The van der Waals surface area contributed by atoms with Crippen LogP contribution in [0.3, 0.4) is 0 Å². The van der Waals surface area contributed by atoms with Crippen LogP contribution in [0, 0.1) is 5.82 Å². The average molecular weight is 279 g/mol. The van der Waals surface area contributed by atoms with Crippen LogP contribution in [0.2, 0.25) is 0 Å². The number of thiophene rings is 1. The fourth-order valence-corrected chi connectivity index (χ4v) is 2.64. The van der Waals surface area contributed by atoms with E-state index in [1.165, 1.54) is 11.6 Å². The normalized spacial score (nSPS) is 11.0. The lowest BCUT2D eigenvalue weighted by Crippen LogP contribution is -2.31. The molecule has 0 spiro atoms. The molecule has 0 saturated heterocycles. The second-order valence-corrected chi connectivity index (χ2v) is 5.35. The molecule has 0 fully saturated rings. The van der Waals surface area contributed by atoms with E-state index in [9.17, 15) is 4.39 Å². The van der Waals surface area contributed by atoms with E-state index in [4.69, 9.17) is 10.0 Å². The Balaban J connectivity index is 2.05. The van der Waals surface area contributed by atoms with E-state index in [1.807, 2.05) is 17.3 Å². The summed E-state index contributed by atoms with van der Waals surface area (Å²) in [5, 5.41) is 22.3. The first-order valence-corrected chi connectivity index (χ1v) is 6.84. The molecule has 1 aromatic carbocycles. The molecule has 100 valence electrons. The minimum atomic E-state index is -1.64. The Labute approximate surface area is 116 Å². The Hall–Kier alpha value is -1.21. The second-order valence-electron chi connectivity index (χ2n) is 4.57. The highest BCUT2D eigenvalue weighted by Gasteiger charge is 2.13. The number of nitrogens with zero attached hydrogens (tertiary/aromatic N) is 1. The van der Waals surface area contributed by atoms with Crippen molar-refractivity contribution in [2.45, 2.75) is 13.1 Å². The van der Waals surface area contributed by atoms with Gasteiger partial charge in [-0.2, -0.15) is 11.3 Å². The van der Waals surface area contributed by atoms with Gasteiger partial charge in [0.25, 0.3) is 0 Å². The summed E-state index contributed by atoms with van der Waals surface area (Å²) in [5.74, 6) is -0.454. The summed E-state index contributed by atoms with van der Waals surface area (Å²) in [5.41, 5.74) is 2.12. The fraction of sp³-hybridized carbons (Fsp3) is 0.231. The van der Waals surface area contributed by atoms with Crippen molar-refractivity contribution in [1.82, 2.24) is 4.90 Å². The first kappa shape index (κ1) is 14.2. The zero-order valence-corrected chi connectivity index (χ0v) is 11.4. The van der Waals surface area contributed by atoms with Crippen molar-refractivity contribution in [1.29, 1.82) is 0 Å². The lowest BCUT2D eigenvalue weighted by Gasteiger charge is -2.16. The first-order chi connectivity index (χ1) is 9.04. The van der Waals surface area contributed by atoms with Crippen LogP contribution in [-0.4, -0.2) is 29.1 Å². The van der Waals surface area contributed by atoms with Crippen molar-refractivity contribution in [3.8, 4) is 0 Å². The second kappa shape index (κ2) is 6.30. The van der Waals surface area contributed by atoms with Gasteiger partial charge in [0.2, 0.25) is 0 Å². The van der Waals surface area contributed by atoms with Gasteiger partial charge in [-0.1, -0.05) is 6.07 Å². The molecule has 1 aromatic heterocycles. The van der Waals surface area contributed by atoms with Gasteiger partial charge in [-0.15, -0.1) is 0 Å². The molecule has 0 saturated carbocycles. The van der Waals surface area contributed by atoms with E-state index in [0.717, 1.165) is 18.2 Å². The van der Waals surface area contributed by atoms with E-state index in [-0.39, 0.29) is 5.46 Å². The molecule has 1 heterocycles. The summed E-state index contributed by atoms with van der Waals surface area (Å²) >= 11 is 1.64. The van der Waals surface area contributed by atoms with Crippen LogP contribution in [0.4, 0.5) is 4.39 Å². The molecule has 0 unspecified atom stereocenters. The number of hydrogen-bond acceptors (Lipinski definition) is 4. The third-order valence-electron chi connectivity index (χ3n) is 2.76. The molecule has 0 amide bonds. The monoisotopic (exact) mass is 279 g/mol. The Morgan fingerprint density at radius 3 is 2.58 bits per heavy atom. The Bertz CT molecular complexity index is 533. The number of hydrogen-bond donors (Lipinski definition) is 2. The lowest BCUT2D eigenvalue weighted by atomic mass is 9.79. The van der Waals surface area contributed by atoms with Crippen molar-refractivity contribution >= 4 is 23.9 Å². The molecule has 0 aliphatic carbocycles. The zero-order valence-electron chi connectivity index (χ0n) is 10.6. The third-order valence-corrected chi connectivity index (χ3v) is 3.50. The highest BCUT2D eigenvalue weighted by atomic mass is 32.1. The maximum absolute atomic E-state index is 13.4. The zero-order chi connectivity index (χ0) is 13.8. The molecule has 2 aromatic rings. The molecule has 0 radical (unpaired) electrons. The van der Waals surface area contributed by atoms with E-state index < -0.39 is 12.9 Å². The smallest absolute Gasteiger partial charge is 0.423 e. The molecular formula is C13H15BFNO2S. The first-order valence-electron chi connectivity index (χ1n) is 5.89. The number of benzene rings is 1. The summed E-state index contributed by atoms with van der Waals surface area (Å²) in [6, 6.07) is 6.20. The van der Waals surface area contributed by atoms with Crippen molar-refractivity contribution in [2.75, 3.05) is 7.05 Å². The van der Waals surface area contributed by atoms with Crippen molar-refractivity contribution in [3.63, 3.8) is 0 Å². The molecule has 2 rings (SSSR count). The SMILES string of the molecule is CN(Cc1ccsc1)Cc1cc(F)cc(B(O)O)c1. The quantitative estimate of drug-likeness (QED) is 0.808. The standard InChI is InChI=1S/C13H15BFNO2S/c1-16(7-10-2-3-19-9-10)8-11-4-12(14(17)18)6-13(15)5-11/h2-6,9,17-18H,7-8H2,1H3. The van der Waals surface area contributed by atoms with Gasteiger partial charge in [-0.05, 0) is 52.6 Å². The van der Waals surface area contributed by atoms with Crippen LogP contribution in [0.15, 0.2) is 35.0 Å². The van der Waals surface area contributed by atoms with Gasteiger partial charge in [0.05, 0.1) is 0 Å². The van der Waals surface area contributed by atoms with Crippen LogP contribution in [-0.2, 0) is 13.1 Å². The van der Waals surface area contributed by atoms with Crippen molar-refractivity contribution in [3.05, 3.63) is 52.0 Å². The van der Waals surface area contributed by atoms with Gasteiger partial charge >= 0.3 is 7.12 Å². The van der Waals surface area contributed by atoms with Gasteiger partial charge in [0, 0.05) is 13.1 Å². The summed E-state index contributed by atoms with van der Waals surface area (Å²) in [7, 11) is 0.300. The fourth-order valence-electron chi connectivity index (χ4n) is 1.98. The molecule has 3 nitrogen and oxygen atoms in total. The van der Waals surface area contributed by atoms with Crippen molar-refractivity contribution < 1.29 is 14.4 Å². The summed E-state index contributed by atoms with van der Waals surface area (Å²) in [6.07, 6.45) is 0. The average Bonchev–Trinajstić information content (AvgIpc) is 2.80. The Morgan fingerprint density at radius 1 is 1.21 bits per heavy atom. The predicted octanol–water partition coefficient (Wildman–Crippen LogP) is 1.20. The molecular weight excluding hydrogens is 264 g/mol. The largest absolute Gasteiger partial charge is 0.488 e. The highest BCUT2D eigenvalue weighted by molar-refractivity contribution is 7.07. The van der Waals surface area contributed by atoms with Gasteiger partial charge in [0.1, 0.15) is 5.82 Å². The molecule has 6 heteroatoms. The van der Waals surface area contributed by atoms with E-state index in [1.54, 1.807) is 17.4 Å². The third kappa shape index (κ3) is 4.14. The van der Waals surface area contributed by atoms with Gasteiger partial charge in [-0.25, -0.2) is 4.39 Å². The summed E-state index contributed by atoms with van der Waals surface area (Å²) < 4.78 is 13.4. The Kier molecular flexibility index (Phi) is 4.71. The highest BCUT2D eigenvalue weighted by Crippen LogP contribution is 2.11. The van der Waals surface area contributed by atoms with Gasteiger partial charge in [0.15, 0.2) is 0 Å². The molecule has 0 aliphatic rings. The topological polar surface area (TPSA) is 43.7 Å². The molecule has 19 heavy (non-hydrogen) atoms. The minimum absolute atomic E-state index is 0.180. The Morgan fingerprint density at radius 2 is 1.95 bits per heavy atom. The van der Waals surface area contributed by atoms with Crippen LogP contribution in [0.5, 0.6) is 0 Å². The maximum Gasteiger partial charge on any atom is 0.488 e. The van der Waals surface area contributed by atoms with Gasteiger partial charge < -0.3 is 10.0 Å². The minimum Gasteiger partial charge on any atom is -0.423 e. The van der Waals surface area contributed by atoms with E-state index >= 15 is 0 Å². The van der Waals surface area contributed by atoms with Crippen LogP contribution in [0.25, 0.3) is 0 Å². The van der Waals surface area contributed by atoms with Gasteiger partial charge in [-0.3, -0.25) is 4.90 Å².